The van der Waals surface area contributed by atoms with Crippen molar-refractivity contribution in [2.45, 2.75) is 46.6 Å². The SMILES string of the molecule is CCc1ccc(C(O)C(C)(C)CC)s1. The second-order valence-corrected chi connectivity index (χ2v) is 5.60. The van der Waals surface area contributed by atoms with Gasteiger partial charge in [-0.2, -0.15) is 0 Å². The summed E-state index contributed by atoms with van der Waals surface area (Å²) in [7, 11) is 0. The van der Waals surface area contributed by atoms with E-state index in [-0.39, 0.29) is 11.5 Å². The quantitative estimate of drug-likeness (QED) is 0.805. The Balaban J connectivity index is 2.83. The second kappa shape index (κ2) is 4.45. The third-order valence-corrected chi connectivity index (χ3v) is 4.23. The lowest BCUT2D eigenvalue weighted by Gasteiger charge is -2.28. The fourth-order valence-electron chi connectivity index (χ4n) is 1.31. The molecule has 1 nitrogen and oxygen atoms in total. The van der Waals surface area contributed by atoms with Crippen LogP contribution in [0.1, 0.15) is 50.0 Å². The van der Waals surface area contributed by atoms with E-state index in [1.807, 2.05) is 0 Å². The summed E-state index contributed by atoms with van der Waals surface area (Å²) in [6, 6.07) is 4.18. The van der Waals surface area contributed by atoms with Gasteiger partial charge in [0, 0.05) is 9.75 Å². The van der Waals surface area contributed by atoms with Crippen LogP contribution in [0.3, 0.4) is 0 Å². The minimum Gasteiger partial charge on any atom is -0.387 e. The van der Waals surface area contributed by atoms with Crippen LogP contribution >= 0.6 is 11.3 Å². The van der Waals surface area contributed by atoms with Crippen molar-refractivity contribution in [1.29, 1.82) is 0 Å². The molecule has 0 bridgehead atoms. The molecule has 2 heteroatoms. The molecule has 80 valence electrons. The summed E-state index contributed by atoms with van der Waals surface area (Å²) in [6.45, 7) is 8.50. The van der Waals surface area contributed by atoms with Gasteiger partial charge in [0.25, 0.3) is 0 Å². The monoisotopic (exact) mass is 212 g/mol. The maximum atomic E-state index is 10.2. The molecule has 0 amide bonds. The lowest BCUT2D eigenvalue weighted by molar-refractivity contribution is 0.0495. The van der Waals surface area contributed by atoms with Gasteiger partial charge in [-0.05, 0) is 30.4 Å². The summed E-state index contributed by atoms with van der Waals surface area (Å²) >= 11 is 1.73. The molecule has 0 fully saturated rings. The van der Waals surface area contributed by atoms with Gasteiger partial charge in [0.15, 0.2) is 0 Å². The molecular formula is C12H20OS. The number of hydrogen-bond donors (Lipinski definition) is 1. The van der Waals surface area contributed by atoms with Gasteiger partial charge in [-0.1, -0.05) is 27.7 Å². The van der Waals surface area contributed by atoms with E-state index in [2.05, 4.69) is 39.8 Å². The Bertz CT molecular complexity index is 288. The molecule has 1 aromatic rings. The van der Waals surface area contributed by atoms with E-state index in [9.17, 15) is 5.11 Å². The van der Waals surface area contributed by atoms with E-state index < -0.39 is 0 Å². The highest BCUT2D eigenvalue weighted by molar-refractivity contribution is 7.12. The number of thiophene rings is 1. The van der Waals surface area contributed by atoms with Crippen LogP contribution in [-0.2, 0) is 6.42 Å². The fourth-order valence-corrected chi connectivity index (χ4v) is 2.46. The maximum Gasteiger partial charge on any atom is 0.0932 e. The molecule has 0 spiro atoms. The van der Waals surface area contributed by atoms with Crippen molar-refractivity contribution in [2.24, 2.45) is 5.41 Å². The van der Waals surface area contributed by atoms with E-state index in [1.54, 1.807) is 11.3 Å². The summed E-state index contributed by atoms with van der Waals surface area (Å²) in [5.74, 6) is 0. The summed E-state index contributed by atoms with van der Waals surface area (Å²) < 4.78 is 0. The fraction of sp³-hybridized carbons (Fsp3) is 0.667. The first-order chi connectivity index (χ1) is 6.51. The van der Waals surface area contributed by atoms with Crippen molar-refractivity contribution < 1.29 is 5.11 Å². The first-order valence-corrected chi connectivity index (χ1v) is 6.09. The molecule has 1 N–H and O–H groups in total. The number of aliphatic hydroxyl groups is 1. The minimum atomic E-state index is -0.321. The van der Waals surface area contributed by atoms with Crippen LogP contribution in [0.25, 0.3) is 0 Å². The van der Waals surface area contributed by atoms with Crippen LogP contribution in [0.15, 0.2) is 12.1 Å². The molecule has 1 unspecified atom stereocenters. The highest BCUT2D eigenvalue weighted by Gasteiger charge is 2.28. The highest BCUT2D eigenvalue weighted by Crippen LogP contribution is 2.38. The summed E-state index contributed by atoms with van der Waals surface area (Å²) in [5.41, 5.74) is -0.0180. The molecule has 0 aliphatic heterocycles. The molecule has 0 aromatic carbocycles. The van der Waals surface area contributed by atoms with E-state index in [1.165, 1.54) is 4.88 Å². The lowest BCUT2D eigenvalue weighted by atomic mass is 9.83. The van der Waals surface area contributed by atoms with Gasteiger partial charge in [-0.3, -0.25) is 0 Å². The van der Waals surface area contributed by atoms with Gasteiger partial charge in [-0.25, -0.2) is 0 Å². The van der Waals surface area contributed by atoms with Gasteiger partial charge < -0.3 is 5.11 Å². The number of hydrogen-bond acceptors (Lipinski definition) is 2. The molecule has 14 heavy (non-hydrogen) atoms. The first-order valence-electron chi connectivity index (χ1n) is 5.28. The Morgan fingerprint density at radius 3 is 2.43 bits per heavy atom. The Labute approximate surface area is 90.8 Å². The van der Waals surface area contributed by atoms with Gasteiger partial charge >= 0.3 is 0 Å². The third-order valence-electron chi connectivity index (χ3n) is 2.95. The molecular weight excluding hydrogens is 192 g/mol. The van der Waals surface area contributed by atoms with Crippen molar-refractivity contribution in [3.8, 4) is 0 Å². The van der Waals surface area contributed by atoms with Gasteiger partial charge in [-0.15, -0.1) is 11.3 Å². The molecule has 1 aromatic heterocycles. The van der Waals surface area contributed by atoms with Crippen LogP contribution in [0.5, 0.6) is 0 Å². The molecule has 0 aliphatic carbocycles. The van der Waals surface area contributed by atoms with Crippen molar-refractivity contribution in [2.75, 3.05) is 0 Å². The Hall–Kier alpha value is -0.340. The van der Waals surface area contributed by atoms with Crippen LogP contribution in [0.4, 0.5) is 0 Å². The van der Waals surface area contributed by atoms with E-state index in [0.29, 0.717) is 0 Å². The molecule has 1 rings (SSSR count). The van der Waals surface area contributed by atoms with Gasteiger partial charge in [0.2, 0.25) is 0 Å². The number of aryl methyl sites for hydroxylation is 1. The summed E-state index contributed by atoms with van der Waals surface area (Å²) in [5, 5.41) is 10.2. The standard InChI is InChI=1S/C12H20OS/c1-5-9-7-8-10(14-9)11(13)12(3,4)6-2/h7-8,11,13H,5-6H2,1-4H3. The second-order valence-electron chi connectivity index (χ2n) is 4.40. The van der Waals surface area contributed by atoms with E-state index >= 15 is 0 Å². The zero-order valence-corrected chi connectivity index (χ0v) is 10.3. The van der Waals surface area contributed by atoms with Crippen LogP contribution < -0.4 is 0 Å². The largest absolute Gasteiger partial charge is 0.387 e. The topological polar surface area (TPSA) is 20.2 Å². The Morgan fingerprint density at radius 2 is 2.00 bits per heavy atom. The summed E-state index contributed by atoms with van der Waals surface area (Å²) in [4.78, 5) is 2.46. The Kier molecular flexibility index (Phi) is 3.73. The molecule has 0 saturated carbocycles. The third kappa shape index (κ3) is 2.37. The minimum absolute atomic E-state index is 0.0180. The van der Waals surface area contributed by atoms with Crippen molar-refractivity contribution in [3.05, 3.63) is 21.9 Å². The molecule has 0 saturated heterocycles. The van der Waals surface area contributed by atoms with Crippen molar-refractivity contribution in [1.82, 2.24) is 0 Å². The maximum absolute atomic E-state index is 10.2. The lowest BCUT2D eigenvalue weighted by Crippen LogP contribution is -2.19. The summed E-state index contributed by atoms with van der Waals surface area (Å²) in [6.07, 6.45) is 1.73. The first kappa shape index (κ1) is 11.7. The zero-order valence-electron chi connectivity index (χ0n) is 9.50. The molecule has 1 atom stereocenters. The van der Waals surface area contributed by atoms with E-state index in [0.717, 1.165) is 17.7 Å². The predicted octanol–water partition coefficient (Wildman–Crippen LogP) is 3.78. The van der Waals surface area contributed by atoms with Crippen LogP contribution in [-0.4, -0.2) is 5.11 Å². The normalized spacial score (nSPS) is 14.4. The van der Waals surface area contributed by atoms with Crippen molar-refractivity contribution in [3.63, 3.8) is 0 Å². The average Bonchev–Trinajstić information content (AvgIpc) is 2.64. The van der Waals surface area contributed by atoms with Crippen LogP contribution in [0, 0.1) is 5.41 Å². The Morgan fingerprint density at radius 1 is 1.36 bits per heavy atom. The predicted molar refractivity (Wildman–Crippen MR) is 62.7 cm³/mol. The van der Waals surface area contributed by atoms with Gasteiger partial charge in [0.05, 0.1) is 6.10 Å². The highest BCUT2D eigenvalue weighted by atomic mass is 32.1. The van der Waals surface area contributed by atoms with E-state index in [4.69, 9.17) is 0 Å². The number of rotatable bonds is 4. The van der Waals surface area contributed by atoms with Crippen LogP contribution in [0.2, 0.25) is 0 Å². The molecule has 1 heterocycles. The molecule has 0 aliphatic rings. The zero-order chi connectivity index (χ0) is 10.8. The van der Waals surface area contributed by atoms with Crippen molar-refractivity contribution >= 4 is 11.3 Å². The smallest absolute Gasteiger partial charge is 0.0932 e. The van der Waals surface area contributed by atoms with Gasteiger partial charge in [0.1, 0.15) is 0 Å². The average molecular weight is 212 g/mol. The molecule has 0 radical (unpaired) electrons. The number of aliphatic hydroxyl groups excluding tert-OH is 1.